The Morgan fingerprint density at radius 1 is 1.09 bits per heavy atom. The summed E-state index contributed by atoms with van der Waals surface area (Å²) in [6.45, 7) is 2.55. The van der Waals surface area contributed by atoms with E-state index in [4.69, 9.17) is 9.47 Å². The number of rotatable bonds is 8. The molecular weight excluding hydrogens is 616 g/mol. The van der Waals surface area contributed by atoms with Crippen molar-refractivity contribution >= 4 is 40.2 Å². The van der Waals surface area contributed by atoms with E-state index in [9.17, 15) is 22.8 Å². The Labute approximate surface area is 259 Å². The molecule has 1 aliphatic heterocycles. The van der Waals surface area contributed by atoms with Crippen molar-refractivity contribution in [1.82, 2.24) is 14.8 Å². The summed E-state index contributed by atoms with van der Waals surface area (Å²) in [6.07, 6.45) is -3.09. The van der Waals surface area contributed by atoms with E-state index in [1.165, 1.54) is 59.4 Å². The van der Waals surface area contributed by atoms with Crippen LogP contribution >= 0.6 is 11.8 Å². The maximum absolute atomic E-state index is 15.1. The van der Waals surface area contributed by atoms with Gasteiger partial charge in [0.25, 0.3) is 0 Å². The van der Waals surface area contributed by atoms with E-state index in [2.05, 4.69) is 20.4 Å². The molecule has 0 unspecified atom stereocenters. The lowest BCUT2D eigenvalue weighted by Gasteiger charge is -2.22. The molecule has 0 spiro atoms. The fourth-order valence-electron chi connectivity index (χ4n) is 4.38. The number of hydrogen-bond acceptors (Lipinski definition) is 7. The molecule has 4 aromatic rings. The first-order chi connectivity index (χ1) is 21.4. The fourth-order valence-corrected chi connectivity index (χ4v) is 5.24. The zero-order valence-electron chi connectivity index (χ0n) is 24.1. The number of nitrogens with zero attached hydrogens (tertiary/aromatic N) is 5. The number of aromatic nitrogens is 3. The highest BCUT2D eigenvalue weighted by Crippen LogP contribution is 2.36. The number of halogens is 4. The van der Waals surface area contributed by atoms with Gasteiger partial charge in [-0.3, -0.25) is 9.69 Å². The van der Waals surface area contributed by atoms with E-state index in [1.807, 2.05) is 19.9 Å². The van der Waals surface area contributed by atoms with E-state index >= 15 is 4.39 Å². The predicted molar refractivity (Wildman–Crippen MR) is 162 cm³/mol. The van der Waals surface area contributed by atoms with E-state index in [0.29, 0.717) is 22.7 Å². The van der Waals surface area contributed by atoms with Gasteiger partial charge in [-0.1, -0.05) is 31.7 Å². The average Bonchev–Trinajstić information content (AvgIpc) is 3.63. The molecular formula is C30H26F4N6O4S. The molecule has 1 saturated heterocycles. The van der Waals surface area contributed by atoms with Crippen LogP contribution in [0.5, 0.6) is 11.5 Å². The number of alkyl halides is 3. The largest absolute Gasteiger partial charge is 0.497 e. The Balaban J connectivity index is 1.29. The normalized spacial score (nSPS) is 14.4. The van der Waals surface area contributed by atoms with Crippen molar-refractivity contribution in [3.63, 3.8) is 0 Å². The summed E-state index contributed by atoms with van der Waals surface area (Å²) in [5, 5.41) is 6.87. The number of thioether (sulfide) groups is 1. The number of nitrogens with one attached hydrogen (secondary N) is 1. The van der Waals surface area contributed by atoms with Gasteiger partial charge >= 0.3 is 12.2 Å². The van der Waals surface area contributed by atoms with Crippen molar-refractivity contribution in [3.05, 3.63) is 78.4 Å². The molecule has 3 aromatic carbocycles. The Hall–Kier alpha value is -4.92. The van der Waals surface area contributed by atoms with E-state index in [0.717, 1.165) is 23.4 Å². The molecule has 1 N–H and O–H groups in total. The molecule has 3 amide bonds. The smallest absolute Gasteiger partial charge is 0.422 e. The summed E-state index contributed by atoms with van der Waals surface area (Å²) < 4.78 is 63.6. The van der Waals surface area contributed by atoms with Crippen molar-refractivity contribution in [2.45, 2.75) is 25.9 Å². The Morgan fingerprint density at radius 2 is 1.82 bits per heavy atom. The Morgan fingerprint density at radius 3 is 2.49 bits per heavy atom. The van der Waals surface area contributed by atoms with Gasteiger partial charge < -0.3 is 14.8 Å². The number of hydrogen-bond donors (Lipinski definition) is 1. The molecule has 2 heterocycles. The number of amides is 3. The third-order valence-electron chi connectivity index (χ3n) is 6.53. The van der Waals surface area contributed by atoms with Crippen LogP contribution in [-0.2, 0) is 4.79 Å². The third kappa shape index (κ3) is 7.42. The molecule has 0 aliphatic carbocycles. The summed E-state index contributed by atoms with van der Waals surface area (Å²) in [6, 6.07) is 14.2. The molecule has 45 heavy (non-hydrogen) atoms. The molecule has 234 valence electrons. The number of anilines is 2. The predicted octanol–water partition coefficient (Wildman–Crippen LogP) is 6.81. The van der Waals surface area contributed by atoms with Gasteiger partial charge in [-0.2, -0.15) is 18.2 Å². The summed E-state index contributed by atoms with van der Waals surface area (Å²) in [4.78, 5) is 35.3. The zero-order valence-corrected chi connectivity index (χ0v) is 24.9. The standard InChI is InChI=1S/C30H26F4N6O4S/c1-17(2)22-10-9-21(43-3)13-25(22)40-26(41)14-45-29(40)37-28(42)36-24-11-4-18(12-23(24)31)27-35-16-39(38-27)19-5-7-20(8-6-19)44-15-30(32,33)34/h4-13,16-17H,14-15H2,1-3H3,(H,36,42)/b37-29-. The molecule has 15 heteroatoms. The maximum atomic E-state index is 15.1. The van der Waals surface area contributed by atoms with Gasteiger partial charge in [-0.25, -0.2) is 18.9 Å². The molecule has 1 aliphatic rings. The maximum Gasteiger partial charge on any atom is 0.422 e. The first-order valence-electron chi connectivity index (χ1n) is 13.5. The monoisotopic (exact) mass is 642 g/mol. The van der Waals surface area contributed by atoms with Crippen molar-refractivity contribution in [3.8, 4) is 28.6 Å². The molecule has 0 saturated carbocycles. The first kappa shape index (κ1) is 31.5. The number of benzene rings is 3. The molecule has 1 aromatic heterocycles. The number of carbonyl (C=O) groups excluding carboxylic acids is 2. The van der Waals surface area contributed by atoms with E-state index in [-0.39, 0.29) is 40.0 Å². The van der Waals surface area contributed by atoms with Gasteiger partial charge in [0.05, 0.1) is 29.9 Å². The highest BCUT2D eigenvalue weighted by molar-refractivity contribution is 8.15. The van der Waals surface area contributed by atoms with Crippen molar-refractivity contribution in [2.24, 2.45) is 4.99 Å². The van der Waals surface area contributed by atoms with Crippen molar-refractivity contribution < 1.29 is 36.6 Å². The SMILES string of the molecule is COc1ccc(C(C)C)c(N2C(=O)CS/C2=N\C(=O)Nc2ccc(-c3ncn(-c4ccc(OCC(F)(F)F)cc4)n3)cc2F)c1. The number of carbonyl (C=O) groups is 2. The Kier molecular flexibility index (Phi) is 9.09. The quantitative estimate of drug-likeness (QED) is 0.210. The van der Waals surface area contributed by atoms with Crippen molar-refractivity contribution in [2.75, 3.05) is 29.7 Å². The summed E-state index contributed by atoms with van der Waals surface area (Å²) in [5.74, 6) is -0.135. The van der Waals surface area contributed by atoms with Crippen LogP contribution < -0.4 is 19.7 Å². The molecule has 1 fully saturated rings. The minimum atomic E-state index is -4.45. The lowest BCUT2D eigenvalue weighted by atomic mass is 10.00. The molecule has 0 atom stereocenters. The van der Waals surface area contributed by atoms with Gasteiger partial charge in [0.1, 0.15) is 23.6 Å². The minimum Gasteiger partial charge on any atom is -0.497 e. The number of aliphatic imine (C=N–C) groups is 1. The second-order valence-electron chi connectivity index (χ2n) is 10.0. The van der Waals surface area contributed by atoms with Crippen molar-refractivity contribution in [1.29, 1.82) is 0 Å². The van der Waals surface area contributed by atoms with Crippen LogP contribution in [0, 0.1) is 5.82 Å². The Bertz CT molecular complexity index is 1760. The van der Waals surface area contributed by atoms with Gasteiger partial charge in [-0.15, -0.1) is 5.10 Å². The summed E-state index contributed by atoms with van der Waals surface area (Å²) >= 11 is 1.09. The zero-order chi connectivity index (χ0) is 32.3. The van der Waals surface area contributed by atoms with E-state index in [1.54, 1.807) is 12.1 Å². The fraction of sp³-hybridized carbons (Fsp3) is 0.233. The van der Waals surface area contributed by atoms with Crippen LogP contribution in [0.4, 0.5) is 33.7 Å². The first-order valence-corrected chi connectivity index (χ1v) is 14.5. The molecule has 0 bridgehead atoms. The number of ether oxygens (including phenoxy) is 2. The average molecular weight is 643 g/mol. The lowest BCUT2D eigenvalue weighted by Crippen LogP contribution is -2.31. The second kappa shape index (κ2) is 13.0. The topological polar surface area (TPSA) is 111 Å². The highest BCUT2D eigenvalue weighted by Gasteiger charge is 2.33. The number of methoxy groups -OCH3 is 1. The molecule has 10 nitrogen and oxygen atoms in total. The number of urea groups is 1. The van der Waals surface area contributed by atoms with Gasteiger partial charge in [0.2, 0.25) is 5.91 Å². The van der Waals surface area contributed by atoms with Gasteiger partial charge in [-0.05, 0) is 60.0 Å². The van der Waals surface area contributed by atoms with Crippen LogP contribution in [-0.4, -0.2) is 57.5 Å². The van der Waals surface area contributed by atoms with E-state index < -0.39 is 24.6 Å². The highest BCUT2D eigenvalue weighted by atomic mass is 32.2. The van der Waals surface area contributed by atoms with Crippen LogP contribution in [0.25, 0.3) is 17.1 Å². The summed E-state index contributed by atoms with van der Waals surface area (Å²) in [5.41, 5.74) is 2.07. The van der Waals surface area contributed by atoms with Crippen LogP contribution in [0.1, 0.15) is 25.3 Å². The van der Waals surface area contributed by atoms with Gasteiger partial charge in [0.15, 0.2) is 17.6 Å². The van der Waals surface area contributed by atoms with Crippen LogP contribution in [0.15, 0.2) is 72.0 Å². The van der Waals surface area contributed by atoms with Gasteiger partial charge in [0, 0.05) is 11.6 Å². The third-order valence-corrected chi connectivity index (χ3v) is 7.45. The molecule has 5 rings (SSSR count). The van der Waals surface area contributed by atoms with Crippen LogP contribution in [0.2, 0.25) is 0 Å². The lowest BCUT2D eigenvalue weighted by molar-refractivity contribution is -0.153. The van der Waals surface area contributed by atoms with Crippen LogP contribution in [0.3, 0.4) is 0 Å². The molecule has 0 radical (unpaired) electrons. The second-order valence-corrected chi connectivity index (χ2v) is 11.0. The minimum absolute atomic E-state index is 0.0349. The summed E-state index contributed by atoms with van der Waals surface area (Å²) in [7, 11) is 1.51. The number of amidine groups is 1.